The predicted molar refractivity (Wildman–Crippen MR) is 133 cm³/mol. The standard InChI is InChI=1S/C23H25N5O4S2/c29-19(24-16-5-1-6-17(13-16)28-22(33)25-26-23(28)34)7-3-11-27-10-2-4-14-12-15(8-9-18(14)27)20(30)21(31)32/h1,5-6,8-9,12-13,20,30H,2-4,7,10-11H2,(H,24,29)(H,25,33)(H,26,34)(H,31,32). The number of hydrogen-bond donors (Lipinski definition) is 5. The number of benzene rings is 2. The van der Waals surface area contributed by atoms with E-state index in [4.69, 9.17) is 5.11 Å². The third-order valence-corrected chi connectivity index (χ3v) is 6.30. The molecular weight excluding hydrogens is 474 g/mol. The fourth-order valence-corrected chi connectivity index (χ4v) is 4.70. The number of aliphatic carboxylic acids is 1. The molecule has 3 N–H and O–H groups in total. The van der Waals surface area contributed by atoms with E-state index >= 15 is 0 Å². The van der Waals surface area contributed by atoms with Gasteiger partial charge in [0.25, 0.3) is 0 Å². The van der Waals surface area contributed by atoms with Gasteiger partial charge in [0, 0.05) is 30.9 Å². The quantitative estimate of drug-likeness (QED) is 0.302. The molecule has 0 spiro atoms. The van der Waals surface area contributed by atoms with Gasteiger partial charge in [0.15, 0.2) is 16.4 Å². The second-order valence-electron chi connectivity index (χ2n) is 8.06. The van der Waals surface area contributed by atoms with Crippen molar-refractivity contribution in [3.8, 4) is 5.69 Å². The van der Waals surface area contributed by atoms with Gasteiger partial charge in [-0.25, -0.2) is 4.79 Å². The predicted octanol–water partition coefficient (Wildman–Crippen LogP) is 3.13. The largest absolute Gasteiger partial charge is 0.479 e. The van der Waals surface area contributed by atoms with Crippen LogP contribution in [-0.2, 0) is 16.0 Å². The zero-order valence-electron chi connectivity index (χ0n) is 18.3. The van der Waals surface area contributed by atoms with Gasteiger partial charge in [-0.1, -0.05) is 18.2 Å². The van der Waals surface area contributed by atoms with Gasteiger partial charge in [-0.3, -0.25) is 9.36 Å². The molecule has 0 fully saturated rings. The van der Waals surface area contributed by atoms with Crippen LogP contribution < -0.4 is 10.2 Å². The molecule has 0 aliphatic carbocycles. The molecule has 3 aromatic rings. The lowest BCUT2D eigenvalue weighted by molar-refractivity contribution is -0.147. The number of amides is 1. The Kier molecular flexibility index (Phi) is 7.44. The van der Waals surface area contributed by atoms with Crippen molar-refractivity contribution in [2.45, 2.75) is 42.1 Å². The number of hydrogen-bond acceptors (Lipinski definition) is 8. The van der Waals surface area contributed by atoms with Crippen LogP contribution in [-0.4, -0.2) is 49.9 Å². The summed E-state index contributed by atoms with van der Waals surface area (Å²) in [6.45, 7) is 1.57. The number of thiol groups is 2. The highest BCUT2D eigenvalue weighted by Crippen LogP contribution is 2.30. The van der Waals surface area contributed by atoms with Crippen LogP contribution in [0.25, 0.3) is 5.69 Å². The van der Waals surface area contributed by atoms with Gasteiger partial charge in [-0.15, -0.1) is 35.5 Å². The number of rotatable bonds is 8. The number of aliphatic hydroxyl groups is 1. The number of carboxylic acids is 1. The number of aryl methyl sites for hydroxylation is 1. The van der Waals surface area contributed by atoms with Crippen LogP contribution in [0.5, 0.6) is 0 Å². The van der Waals surface area contributed by atoms with Crippen LogP contribution >= 0.6 is 25.3 Å². The lowest BCUT2D eigenvalue weighted by Gasteiger charge is -2.32. The van der Waals surface area contributed by atoms with Gasteiger partial charge in [0.1, 0.15) is 0 Å². The molecule has 1 aliphatic rings. The molecule has 2 heterocycles. The van der Waals surface area contributed by atoms with E-state index in [1.165, 1.54) is 0 Å². The Bertz CT molecular complexity index is 1200. The van der Waals surface area contributed by atoms with Crippen molar-refractivity contribution in [3.05, 3.63) is 53.6 Å². The Morgan fingerprint density at radius 2 is 1.88 bits per heavy atom. The molecule has 1 unspecified atom stereocenters. The van der Waals surface area contributed by atoms with Gasteiger partial charge >= 0.3 is 5.97 Å². The first-order valence-electron chi connectivity index (χ1n) is 10.9. The summed E-state index contributed by atoms with van der Waals surface area (Å²) in [7, 11) is 0. The number of nitrogens with one attached hydrogen (secondary N) is 1. The number of carbonyl (C=O) groups is 2. The maximum atomic E-state index is 12.5. The van der Waals surface area contributed by atoms with Crippen LogP contribution in [0, 0.1) is 0 Å². The molecule has 4 rings (SSSR count). The molecule has 34 heavy (non-hydrogen) atoms. The summed E-state index contributed by atoms with van der Waals surface area (Å²) in [5.74, 6) is -1.35. The van der Waals surface area contributed by atoms with Crippen molar-refractivity contribution in [2.75, 3.05) is 23.3 Å². The summed E-state index contributed by atoms with van der Waals surface area (Å²) in [5, 5.41) is 30.3. The molecular formula is C23H25N5O4S2. The normalized spacial score (nSPS) is 13.9. The third-order valence-electron chi connectivity index (χ3n) is 5.72. The summed E-state index contributed by atoms with van der Waals surface area (Å²) in [6.07, 6.45) is 1.26. The van der Waals surface area contributed by atoms with Crippen LogP contribution in [0.2, 0.25) is 0 Å². The molecule has 2 aromatic carbocycles. The first kappa shape index (κ1) is 24.1. The Labute approximate surface area is 207 Å². The van der Waals surface area contributed by atoms with Gasteiger partial charge in [-0.2, -0.15) is 0 Å². The first-order valence-corrected chi connectivity index (χ1v) is 11.7. The number of nitrogens with zero attached hydrogens (tertiary/aromatic N) is 4. The summed E-state index contributed by atoms with van der Waals surface area (Å²) in [5.41, 5.74) is 3.84. The zero-order valence-corrected chi connectivity index (χ0v) is 20.0. The fourth-order valence-electron chi connectivity index (χ4n) is 4.12. The van der Waals surface area contributed by atoms with Gasteiger partial charge in [0.2, 0.25) is 5.91 Å². The third kappa shape index (κ3) is 5.37. The van der Waals surface area contributed by atoms with E-state index in [1.807, 2.05) is 30.3 Å². The Hall–Kier alpha value is -3.02. The topological polar surface area (TPSA) is 121 Å². The summed E-state index contributed by atoms with van der Waals surface area (Å²) in [4.78, 5) is 25.8. The Balaban J connectivity index is 1.34. The second-order valence-corrected chi connectivity index (χ2v) is 8.86. The highest BCUT2D eigenvalue weighted by Gasteiger charge is 2.21. The molecule has 1 amide bonds. The van der Waals surface area contributed by atoms with Gasteiger partial charge in [-0.05, 0) is 54.7 Å². The summed E-state index contributed by atoms with van der Waals surface area (Å²) in [6, 6.07) is 12.6. The average molecular weight is 500 g/mol. The van der Waals surface area contributed by atoms with Crippen molar-refractivity contribution in [1.82, 2.24) is 14.8 Å². The van der Waals surface area contributed by atoms with Crippen molar-refractivity contribution < 1.29 is 19.8 Å². The van der Waals surface area contributed by atoms with Crippen LogP contribution in [0.3, 0.4) is 0 Å². The van der Waals surface area contributed by atoms with E-state index in [9.17, 15) is 14.7 Å². The lowest BCUT2D eigenvalue weighted by atomic mass is 9.97. The lowest BCUT2D eigenvalue weighted by Crippen LogP contribution is -2.31. The van der Waals surface area contributed by atoms with Gasteiger partial charge < -0.3 is 20.4 Å². The molecule has 1 aliphatic heterocycles. The molecule has 1 atom stereocenters. The summed E-state index contributed by atoms with van der Waals surface area (Å²) < 4.78 is 1.66. The highest BCUT2D eigenvalue weighted by molar-refractivity contribution is 7.80. The average Bonchev–Trinajstić information content (AvgIpc) is 3.16. The SMILES string of the molecule is O=C(CCCN1CCCc2cc(C(O)C(=O)O)ccc21)Nc1cccc(-n2c(S)nnc2S)c1. The molecule has 0 saturated heterocycles. The van der Waals surface area contributed by atoms with E-state index in [1.54, 1.807) is 16.7 Å². The van der Waals surface area contributed by atoms with Crippen molar-refractivity contribution >= 4 is 48.5 Å². The molecule has 0 saturated carbocycles. The number of carbonyl (C=O) groups excluding carboxylic acids is 1. The molecule has 9 nitrogen and oxygen atoms in total. The maximum absolute atomic E-state index is 12.5. The molecule has 0 bridgehead atoms. The zero-order chi connectivity index (χ0) is 24.2. The summed E-state index contributed by atoms with van der Waals surface area (Å²) >= 11 is 8.57. The van der Waals surface area contributed by atoms with Crippen molar-refractivity contribution in [3.63, 3.8) is 0 Å². The number of aliphatic hydroxyl groups excluding tert-OH is 1. The molecule has 0 radical (unpaired) electrons. The van der Waals surface area contributed by atoms with E-state index < -0.39 is 12.1 Å². The molecule has 178 valence electrons. The number of aromatic nitrogens is 3. The van der Waals surface area contributed by atoms with Crippen molar-refractivity contribution in [1.29, 1.82) is 0 Å². The van der Waals surface area contributed by atoms with Gasteiger partial charge in [0.05, 0.1) is 5.69 Å². The maximum Gasteiger partial charge on any atom is 0.337 e. The minimum absolute atomic E-state index is 0.0877. The number of carboxylic acid groups (broad SMARTS) is 1. The molecule has 11 heteroatoms. The Morgan fingerprint density at radius 3 is 2.62 bits per heavy atom. The monoisotopic (exact) mass is 499 g/mol. The minimum atomic E-state index is -1.52. The van der Waals surface area contributed by atoms with Crippen LogP contribution in [0.4, 0.5) is 11.4 Å². The van der Waals surface area contributed by atoms with E-state index in [-0.39, 0.29) is 5.91 Å². The van der Waals surface area contributed by atoms with Crippen LogP contribution in [0.1, 0.15) is 36.5 Å². The molecule has 1 aromatic heterocycles. The van der Waals surface area contributed by atoms with Crippen molar-refractivity contribution in [2.24, 2.45) is 0 Å². The minimum Gasteiger partial charge on any atom is -0.479 e. The number of fused-ring (bicyclic) bond motifs is 1. The number of anilines is 2. The highest BCUT2D eigenvalue weighted by atomic mass is 32.1. The smallest absolute Gasteiger partial charge is 0.337 e. The Morgan fingerprint density at radius 1 is 1.12 bits per heavy atom. The van der Waals surface area contributed by atoms with E-state index in [2.05, 4.69) is 45.7 Å². The van der Waals surface area contributed by atoms with E-state index in [0.717, 1.165) is 36.3 Å². The first-order chi connectivity index (χ1) is 16.3. The fraction of sp³-hybridized carbons (Fsp3) is 0.304. The van der Waals surface area contributed by atoms with Crippen LogP contribution in [0.15, 0.2) is 52.8 Å². The van der Waals surface area contributed by atoms with E-state index in [0.29, 0.717) is 41.0 Å². The second kappa shape index (κ2) is 10.5.